The van der Waals surface area contributed by atoms with Crippen molar-refractivity contribution in [2.24, 2.45) is 11.8 Å². The van der Waals surface area contributed by atoms with E-state index in [0.717, 1.165) is 11.8 Å². The minimum atomic E-state index is 0.420. The molecule has 2 nitrogen and oxygen atoms in total. The van der Waals surface area contributed by atoms with Crippen molar-refractivity contribution < 1.29 is 0 Å². The Bertz CT molecular complexity index is 353. The normalized spacial score (nSPS) is 28.2. The van der Waals surface area contributed by atoms with Crippen LogP contribution in [0.15, 0.2) is 30.3 Å². The highest BCUT2D eigenvalue weighted by Gasteiger charge is 2.32. The smallest absolute Gasteiger partial charge is 0.0473 e. The molecule has 2 rings (SSSR count). The first-order valence-electron chi connectivity index (χ1n) is 7.09. The molecule has 1 heterocycles. The molecule has 4 atom stereocenters. The first-order valence-corrected chi connectivity index (χ1v) is 7.09. The number of nitrogens with zero attached hydrogens (tertiary/aromatic N) is 1. The van der Waals surface area contributed by atoms with E-state index < -0.39 is 0 Å². The Labute approximate surface area is 111 Å². The molecular weight excluding hydrogens is 220 g/mol. The summed E-state index contributed by atoms with van der Waals surface area (Å²) in [5.41, 5.74) is 1.39. The van der Waals surface area contributed by atoms with Crippen molar-refractivity contribution in [2.45, 2.75) is 32.9 Å². The molecule has 4 unspecified atom stereocenters. The van der Waals surface area contributed by atoms with Crippen molar-refractivity contribution in [3.8, 4) is 0 Å². The SMILES string of the molecule is CNC(c1ccccc1)C(C)N1CC(C)C(C)C1. The molecule has 0 bridgehead atoms. The van der Waals surface area contributed by atoms with Gasteiger partial charge in [0.05, 0.1) is 0 Å². The minimum Gasteiger partial charge on any atom is -0.312 e. The van der Waals surface area contributed by atoms with E-state index in [2.05, 4.69) is 68.4 Å². The van der Waals surface area contributed by atoms with Crippen LogP contribution < -0.4 is 5.32 Å². The van der Waals surface area contributed by atoms with Crippen LogP contribution in [0.2, 0.25) is 0 Å². The Morgan fingerprint density at radius 1 is 1.11 bits per heavy atom. The van der Waals surface area contributed by atoms with Gasteiger partial charge in [-0.05, 0) is 31.4 Å². The van der Waals surface area contributed by atoms with Crippen LogP contribution in [0.4, 0.5) is 0 Å². The number of likely N-dealkylation sites (tertiary alicyclic amines) is 1. The number of hydrogen-bond acceptors (Lipinski definition) is 2. The summed E-state index contributed by atoms with van der Waals surface area (Å²) in [6.45, 7) is 9.54. The molecule has 1 aromatic carbocycles. The molecule has 0 amide bonds. The van der Waals surface area contributed by atoms with Crippen molar-refractivity contribution in [3.05, 3.63) is 35.9 Å². The lowest BCUT2D eigenvalue weighted by Gasteiger charge is -2.32. The summed E-state index contributed by atoms with van der Waals surface area (Å²) in [7, 11) is 2.07. The molecule has 0 spiro atoms. The lowest BCUT2D eigenvalue weighted by Crippen LogP contribution is -2.41. The minimum absolute atomic E-state index is 0.420. The third-order valence-electron chi connectivity index (χ3n) is 4.54. The van der Waals surface area contributed by atoms with Gasteiger partial charge in [-0.3, -0.25) is 4.90 Å². The highest BCUT2D eigenvalue weighted by atomic mass is 15.2. The summed E-state index contributed by atoms with van der Waals surface area (Å²) in [6.07, 6.45) is 0. The average molecular weight is 246 g/mol. The lowest BCUT2D eigenvalue weighted by molar-refractivity contribution is 0.203. The summed E-state index contributed by atoms with van der Waals surface area (Å²) in [5, 5.41) is 3.48. The molecule has 1 aliphatic rings. The maximum absolute atomic E-state index is 3.48. The monoisotopic (exact) mass is 246 g/mol. The van der Waals surface area contributed by atoms with Crippen molar-refractivity contribution in [1.82, 2.24) is 10.2 Å². The van der Waals surface area contributed by atoms with Crippen LogP contribution in [0.1, 0.15) is 32.4 Å². The predicted octanol–water partition coefficient (Wildman–Crippen LogP) is 2.92. The number of likely N-dealkylation sites (N-methyl/N-ethyl adjacent to an activating group) is 1. The molecule has 100 valence electrons. The molecule has 18 heavy (non-hydrogen) atoms. The Kier molecular flexibility index (Phi) is 4.41. The molecular formula is C16H26N2. The Morgan fingerprint density at radius 2 is 1.67 bits per heavy atom. The van der Waals surface area contributed by atoms with Gasteiger partial charge in [0, 0.05) is 25.2 Å². The number of nitrogens with one attached hydrogen (secondary N) is 1. The van der Waals surface area contributed by atoms with Crippen molar-refractivity contribution in [2.75, 3.05) is 20.1 Å². The molecule has 0 aliphatic carbocycles. The van der Waals surface area contributed by atoms with Gasteiger partial charge in [-0.25, -0.2) is 0 Å². The van der Waals surface area contributed by atoms with E-state index in [1.807, 2.05) is 0 Å². The lowest BCUT2D eigenvalue weighted by atomic mass is 9.99. The van der Waals surface area contributed by atoms with Crippen LogP contribution in [0, 0.1) is 11.8 Å². The third kappa shape index (κ3) is 2.76. The maximum atomic E-state index is 3.48. The maximum Gasteiger partial charge on any atom is 0.0473 e. The Hall–Kier alpha value is -0.860. The van der Waals surface area contributed by atoms with Gasteiger partial charge in [0.2, 0.25) is 0 Å². The first-order chi connectivity index (χ1) is 8.63. The molecule has 0 aromatic heterocycles. The zero-order valence-corrected chi connectivity index (χ0v) is 12.1. The molecule has 2 heteroatoms. The predicted molar refractivity (Wildman–Crippen MR) is 77.6 cm³/mol. The van der Waals surface area contributed by atoms with Gasteiger partial charge < -0.3 is 5.32 Å². The third-order valence-corrected chi connectivity index (χ3v) is 4.54. The number of rotatable bonds is 4. The van der Waals surface area contributed by atoms with Gasteiger partial charge in [0.25, 0.3) is 0 Å². The van der Waals surface area contributed by atoms with Gasteiger partial charge in [0.1, 0.15) is 0 Å². The van der Waals surface area contributed by atoms with Crippen molar-refractivity contribution in [1.29, 1.82) is 0 Å². The zero-order chi connectivity index (χ0) is 13.1. The van der Waals surface area contributed by atoms with Gasteiger partial charge in [-0.2, -0.15) is 0 Å². The Balaban J connectivity index is 2.09. The highest BCUT2D eigenvalue weighted by molar-refractivity contribution is 5.20. The molecule has 1 N–H and O–H groups in total. The highest BCUT2D eigenvalue weighted by Crippen LogP contribution is 2.28. The second kappa shape index (κ2) is 5.85. The van der Waals surface area contributed by atoms with Crippen LogP contribution >= 0.6 is 0 Å². The van der Waals surface area contributed by atoms with Crippen LogP contribution in [0.3, 0.4) is 0 Å². The van der Waals surface area contributed by atoms with Gasteiger partial charge in [-0.1, -0.05) is 44.2 Å². The van der Waals surface area contributed by atoms with Crippen LogP contribution in [0.5, 0.6) is 0 Å². The second-order valence-corrected chi connectivity index (χ2v) is 5.83. The van der Waals surface area contributed by atoms with E-state index in [9.17, 15) is 0 Å². The number of benzene rings is 1. The van der Waals surface area contributed by atoms with Crippen LogP contribution in [0.25, 0.3) is 0 Å². The van der Waals surface area contributed by atoms with E-state index in [-0.39, 0.29) is 0 Å². The summed E-state index contributed by atoms with van der Waals surface area (Å²) in [6, 6.07) is 11.7. The van der Waals surface area contributed by atoms with Crippen molar-refractivity contribution in [3.63, 3.8) is 0 Å². The number of hydrogen-bond donors (Lipinski definition) is 1. The second-order valence-electron chi connectivity index (χ2n) is 5.83. The van der Waals surface area contributed by atoms with Gasteiger partial charge in [0.15, 0.2) is 0 Å². The van der Waals surface area contributed by atoms with Crippen LogP contribution in [-0.4, -0.2) is 31.1 Å². The molecule has 1 saturated heterocycles. The molecule has 1 aromatic rings. The van der Waals surface area contributed by atoms with E-state index in [0.29, 0.717) is 12.1 Å². The summed E-state index contributed by atoms with van der Waals surface area (Å²) in [4.78, 5) is 2.63. The first kappa shape index (κ1) is 13.6. The fourth-order valence-electron chi connectivity index (χ4n) is 3.06. The van der Waals surface area contributed by atoms with E-state index in [4.69, 9.17) is 0 Å². The average Bonchev–Trinajstić information content (AvgIpc) is 2.72. The fraction of sp³-hybridized carbons (Fsp3) is 0.625. The molecule has 1 aliphatic heterocycles. The summed E-state index contributed by atoms with van der Waals surface area (Å²) >= 11 is 0. The molecule has 1 fully saturated rings. The quantitative estimate of drug-likeness (QED) is 0.879. The Morgan fingerprint density at radius 3 is 2.17 bits per heavy atom. The summed E-state index contributed by atoms with van der Waals surface area (Å²) < 4.78 is 0. The zero-order valence-electron chi connectivity index (χ0n) is 12.1. The topological polar surface area (TPSA) is 15.3 Å². The van der Waals surface area contributed by atoms with Crippen molar-refractivity contribution >= 4 is 0 Å². The van der Waals surface area contributed by atoms with E-state index >= 15 is 0 Å². The van der Waals surface area contributed by atoms with Crippen LogP contribution in [-0.2, 0) is 0 Å². The van der Waals surface area contributed by atoms with E-state index in [1.54, 1.807) is 0 Å². The van der Waals surface area contributed by atoms with Gasteiger partial charge in [-0.15, -0.1) is 0 Å². The van der Waals surface area contributed by atoms with E-state index in [1.165, 1.54) is 18.7 Å². The summed E-state index contributed by atoms with van der Waals surface area (Å²) in [5.74, 6) is 1.64. The van der Waals surface area contributed by atoms with Gasteiger partial charge >= 0.3 is 0 Å². The molecule has 0 radical (unpaired) electrons. The standard InChI is InChI=1S/C16H26N2/c1-12-10-18(11-13(12)2)14(3)16(17-4)15-8-6-5-7-9-15/h5-9,12-14,16-17H,10-11H2,1-4H3. The largest absolute Gasteiger partial charge is 0.312 e. The fourth-order valence-corrected chi connectivity index (χ4v) is 3.06. The molecule has 0 saturated carbocycles.